The third-order valence-corrected chi connectivity index (χ3v) is 3.23. The molecule has 2 aromatic rings. The first-order valence-electron chi connectivity index (χ1n) is 6.35. The Morgan fingerprint density at radius 2 is 2.10 bits per heavy atom. The largest absolute Gasteiger partial charge is 0.508 e. The Morgan fingerprint density at radius 1 is 1.33 bits per heavy atom. The average Bonchev–Trinajstić information content (AvgIpc) is 2.50. The Morgan fingerprint density at radius 3 is 2.76 bits per heavy atom. The van der Waals surface area contributed by atoms with E-state index >= 15 is 0 Å². The lowest BCUT2D eigenvalue weighted by Gasteiger charge is -2.12. The number of benzene rings is 2. The molecule has 0 fully saturated rings. The maximum absolute atomic E-state index is 13.7. The molecule has 0 atom stereocenters. The molecule has 0 aliphatic heterocycles. The minimum absolute atomic E-state index is 0.123. The van der Waals surface area contributed by atoms with E-state index in [-0.39, 0.29) is 17.9 Å². The summed E-state index contributed by atoms with van der Waals surface area (Å²) in [5, 5.41) is 21.7. The van der Waals surface area contributed by atoms with Crippen LogP contribution in [0.25, 0.3) is 0 Å². The third kappa shape index (κ3) is 3.23. The van der Waals surface area contributed by atoms with Crippen molar-refractivity contribution in [3.8, 4) is 17.6 Å². The number of nitrogens with zero attached hydrogens (tertiary/aromatic N) is 1. The molecule has 2 rings (SSSR count). The molecule has 2 aromatic carbocycles. The zero-order chi connectivity index (χ0) is 15.4. The van der Waals surface area contributed by atoms with Gasteiger partial charge in [-0.3, -0.25) is 0 Å². The van der Waals surface area contributed by atoms with Gasteiger partial charge in [0.05, 0.1) is 18.7 Å². The Labute approximate surface area is 122 Å². The highest BCUT2D eigenvalue weighted by Gasteiger charge is 2.09. The fourth-order valence-electron chi connectivity index (χ4n) is 1.95. The first kappa shape index (κ1) is 14.7. The summed E-state index contributed by atoms with van der Waals surface area (Å²) in [6.07, 6.45) is 0. The van der Waals surface area contributed by atoms with Crippen LogP contribution in [-0.2, 0) is 6.54 Å². The molecule has 0 heterocycles. The third-order valence-electron chi connectivity index (χ3n) is 3.23. The maximum atomic E-state index is 13.7. The molecular formula is C16H15FN2O2. The van der Waals surface area contributed by atoms with Gasteiger partial charge in [0.2, 0.25) is 0 Å². The van der Waals surface area contributed by atoms with Crippen molar-refractivity contribution >= 4 is 5.69 Å². The van der Waals surface area contributed by atoms with E-state index in [4.69, 9.17) is 10.00 Å². The van der Waals surface area contributed by atoms with Crippen molar-refractivity contribution in [3.05, 3.63) is 52.8 Å². The monoisotopic (exact) mass is 286 g/mol. The van der Waals surface area contributed by atoms with Gasteiger partial charge in [0, 0.05) is 23.4 Å². The molecule has 0 saturated heterocycles. The smallest absolute Gasteiger partial charge is 0.129 e. The quantitative estimate of drug-likeness (QED) is 0.904. The van der Waals surface area contributed by atoms with Gasteiger partial charge in [0.15, 0.2) is 0 Å². The summed E-state index contributed by atoms with van der Waals surface area (Å²) in [4.78, 5) is 0. The molecular weight excluding hydrogens is 271 g/mol. The molecule has 2 N–H and O–H groups in total. The molecule has 0 radical (unpaired) electrons. The highest BCUT2D eigenvalue weighted by molar-refractivity contribution is 5.56. The van der Waals surface area contributed by atoms with Crippen LogP contribution in [0.2, 0.25) is 0 Å². The number of nitriles is 1. The number of methoxy groups -OCH3 is 1. The standard InChI is InChI=1S/C16H15FN2O2/c1-10-14(17)5-11(8-18)6-15(10)19-9-12-7-13(21-2)3-4-16(12)20/h3-7,19-20H,9H2,1-2H3. The van der Waals surface area contributed by atoms with Crippen LogP contribution in [0.3, 0.4) is 0 Å². The number of nitrogens with one attached hydrogen (secondary N) is 1. The molecule has 0 aliphatic carbocycles. The Balaban J connectivity index is 2.24. The average molecular weight is 286 g/mol. The van der Waals surface area contributed by atoms with Crippen LogP contribution in [0, 0.1) is 24.1 Å². The van der Waals surface area contributed by atoms with Gasteiger partial charge >= 0.3 is 0 Å². The number of phenols is 1. The van der Waals surface area contributed by atoms with Crippen LogP contribution in [-0.4, -0.2) is 12.2 Å². The van der Waals surface area contributed by atoms with Crippen LogP contribution >= 0.6 is 0 Å². The summed E-state index contributed by atoms with van der Waals surface area (Å²) in [5.41, 5.74) is 1.82. The molecule has 0 bridgehead atoms. The van der Waals surface area contributed by atoms with Crippen LogP contribution < -0.4 is 10.1 Å². The number of hydrogen-bond acceptors (Lipinski definition) is 4. The van der Waals surface area contributed by atoms with Crippen molar-refractivity contribution in [3.63, 3.8) is 0 Å². The molecule has 0 spiro atoms. The van der Waals surface area contributed by atoms with E-state index in [9.17, 15) is 9.50 Å². The molecule has 0 amide bonds. The highest BCUT2D eigenvalue weighted by Crippen LogP contribution is 2.25. The van der Waals surface area contributed by atoms with Crippen molar-refractivity contribution in [2.45, 2.75) is 13.5 Å². The minimum atomic E-state index is -0.439. The number of anilines is 1. The van der Waals surface area contributed by atoms with Gasteiger partial charge in [-0.2, -0.15) is 5.26 Å². The first-order valence-corrected chi connectivity index (χ1v) is 6.35. The number of rotatable bonds is 4. The van der Waals surface area contributed by atoms with E-state index in [2.05, 4.69) is 5.32 Å². The zero-order valence-corrected chi connectivity index (χ0v) is 11.8. The number of ether oxygens (including phenoxy) is 1. The molecule has 4 nitrogen and oxygen atoms in total. The Bertz CT molecular complexity index is 708. The summed E-state index contributed by atoms with van der Waals surface area (Å²) in [7, 11) is 1.54. The van der Waals surface area contributed by atoms with Crippen LogP contribution in [0.1, 0.15) is 16.7 Å². The summed E-state index contributed by atoms with van der Waals surface area (Å²) in [6.45, 7) is 1.92. The van der Waals surface area contributed by atoms with Gasteiger partial charge in [-0.1, -0.05) is 0 Å². The van der Waals surface area contributed by atoms with E-state index < -0.39 is 5.82 Å². The zero-order valence-electron chi connectivity index (χ0n) is 11.8. The lowest BCUT2D eigenvalue weighted by molar-refractivity contribution is 0.411. The lowest BCUT2D eigenvalue weighted by atomic mass is 10.1. The lowest BCUT2D eigenvalue weighted by Crippen LogP contribution is -2.03. The SMILES string of the molecule is COc1ccc(O)c(CNc2cc(C#N)cc(F)c2C)c1. The topological polar surface area (TPSA) is 65.3 Å². The van der Waals surface area contributed by atoms with Crippen LogP contribution in [0.4, 0.5) is 10.1 Å². The summed E-state index contributed by atoms with van der Waals surface area (Å²) in [6, 6.07) is 9.58. The summed E-state index contributed by atoms with van der Waals surface area (Å²) >= 11 is 0. The van der Waals surface area contributed by atoms with E-state index in [1.807, 2.05) is 6.07 Å². The predicted octanol–water partition coefficient (Wildman–Crippen LogP) is 3.33. The number of aromatic hydroxyl groups is 1. The van der Waals surface area contributed by atoms with Crippen molar-refractivity contribution < 1.29 is 14.2 Å². The van der Waals surface area contributed by atoms with Crippen molar-refractivity contribution in [2.24, 2.45) is 0 Å². The number of halogens is 1. The molecule has 0 aliphatic rings. The van der Waals surface area contributed by atoms with Crippen molar-refractivity contribution in [1.82, 2.24) is 0 Å². The number of hydrogen-bond donors (Lipinski definition) is 2. The maximum Gasteiger partial charge on any atom is 0.129 e. The fraction of sp³-hybridized carbons (Fsp3) is 0.188. The van der Waals surface area contributed by atoms with E-state index in [1.165, 1.54) is 12.1 Å². The molecule has 5 heteroatoms. The van der Waals surface area contributed by atoms with Gasteiger partial charge in [0.25, 0.3) is 0 Å². The van der Waals surface area contributed by atoms with Gasteiger partial charge in [-0.05, 0) is 37.3 Å². The van der Waals surface area contributed by atoms with Crippen LogP contribution in [0.15, 0.2) is 30.3 Å². The molecule has 21 heavy (non-hydrogen) atoms. The second-order valence-corrected chi connectivity index (χ2v) is 4.59. The normalized spacial score (nSPS) is 10.0. The number of phenolic OH excluding ortho intramolecular Hbond substituents is 1. The van der Waals surface area contributed by atoms with E-state index in [0.717, 1.165) is 0 Å². The van der Waals surface area contributed by atoms with E-state index in [0.29, 0.717) is 22.6 Å². The van der Waals surface area contributed by atoms with Crippen molar-refractivity contribution in [2.75, 3.05) is 12.4 Å². The molecule has 0 aromatic heterocycles. The van der Waals surface area contributed by atoms with Gasteiger partial charge < -0.3 is 15.2 Å². The Kier molecular flexibility index (Phi) is 4.29. The summed E-state index contributed by atoms with van der Waals surface area (Å²) in [5.74, 6) is 0.308. The van der Waals surface area contributed by atoms with Crippen LogP contribution in [0.5, 0.6) is 11.5 Å². The van der Waals surface area contributed by atoms with Gasteiger partial charge in [-0.15, -0.1) is 0 Å². The summed E-state index contributed by atoms with van der Waals surface area (Å²) < 4.78 is 18.8. The fourth-order valence-corrected chi connectivity index (χ4v) is 1.95. The van der Waals surface area contributed by atoms with Crippen molar-refractivity contribution in [1.29, 1.82) is 5.26 Å². The highest BCUT2D eigenvalue weighted by atomic mass is 19.1. The van der Waals surface area contributed by atoms with E-state index in [1.54, 1.807) is 32.2 Å². The van der Waals surface area contributed by atoms with Gasteiger partial charge in [0.1, 0.15) is 17.3 Å². The second-order valence-electron chi connectivity index (χ2n) is 4.59. The first-order chi connectivity index (χ1) is 10.0. The second kappa shape index (κ2) is 6.14. The molecule has 0 saturated carbocycles. The predicted molar refractivity (Wildman–Crippen MR) is 77.8 cm³/mol. The Hall–Kier alpha value is -2.74. The van der Waals surface area contributed by atoms with Gasteiger partial charge in [-0.25, -0.2) is 4.39 Å². The minimum Gasteiger partial charge on any atom is -0.508 e. The molecule has 0 unspecified atom stereocenters. The molecule has 108 valence electrons.